The standard InChI is InChI=1S/C16H21N3/c1-11-3-4-13(9-12(11)2)19-14-5-6-15-16(10-14)18-8-7-17-15/h5-8,10-13,19H,3-4,9H2,1-2H3. The van der Waals surface area contributed by atoms with Gasteiger partial charge in [-0.05, 0) is 49.3 Å². The summed E-state index contributed by atoms with van der Waals surface area (Å²) in [7, 11) is 0. The second-order valence-corrected chi connectivity index (χ2v) is 5.87. The Morgan fingerprint density at radius 2 is 1.79 bits per heavy atom. The number of hydrogen-bond acceptors (Lipinski definition) is 3. The molecule has 1 N–H and O–H groups in total. The molecule has 1 aliphatic rings. The lowest BCUT2D eigenvalue weighted by Crippen LogP contribution is -2.30. The molecule has 2 aromatic rings. The van der Waals surface area contributed by atoms with Crippen LogP contribution in [0.25, 0.3) is 11.0 Å². The summed E-state index contributed by atoms with van der Waals surface area (Å²) in [6.45, 7) is 4.73. The summed E-state index contributed by atoms with van der Waals surface area (Å²) in [6.07, 6.45) is 7.34. The minimum atomic E-state index is 0.598. The van der Waals surface area contributed by atoms with Crippen LogP contribution in [0.5, 0.6) is 0 Å². The Bertz CT molecular complexity index is 567. The Balaban J connectivity index is 1.74. The van der Waals surface area contributed by atoms with Gasteiger partial charge >= 0.3 is 0 Å². The van der Waals surface area contributed by atoms with Crippen LogP contribution in [0.2, 0.25) is 0 Å². The highest BCUT2D eigenvalue weighted by molar-refractivity contribution is 5.78. The summed E-state index contributed by atoms with van der Waals surface area (Å²) in [5.74, 6) is 1.67. The third-order valence-electron chi connectivity index (χ3n) is 4.44. The van der Waals surface area contributed by atoms with Gasteiger partial charge in [-0.2, -0.15) is 0 Å². The first-order valence-electron chi connectivity index (χ1n) is 7.19. The molecule has 0 spiro atoms. The van der Waals surface area contributed by atoms with Crippen LogP contribution in [-0.4, -0.2) is 16.0 Å². The topological polar surface area (TPSA) is 37.8 Å². The van der Waals surface area contributed by atoms with Crippen LogP contribution in [0.15, 0.2) is 30.6 Å². The molecule has 3 unspecified atom stereocenters. The van der Waals surface area contributed by atoms with E-state index in [1.807, 2.05) is 6.07 Å². The highest BCUT2D eigenvalue weighted by atomic mass is 14.9. The van der Waals surface area contributed by atoms with Gasteiger partial charge < -0.3 is 5.32 Å². The molecular weight excluding hydrogens is 234 g/mol. The van der Waals surface area contributed by atoms with E-state index in [1.165, 1.54) is 24.9 Å². The number of rotatable bonds is 2. The lowest BCUT2D eigenvalue weighted by molar-refractivity contribution is 0.261. The summed E-state index contributed by atoms with van der Waals surface area (Å²) in [6, 6.07) is 6.85. The highest BCUT2D eigenvalue weighted by Gasteiger charge is 2.24. The molecule has 1 aliphatic carbocycles. The molecule has 19 heavy (non-hydrogen) atoms. The normalized spacial score (nSPS) is 27.4. The minimum Gasteiger partial charge on any atom is -0.382 e. The van der Waals surface area contributed by atoms with E-state index in [2.05, 4.69) is 41.3 Å². The van der Waals surface area contributed by atoms with Crippen LogP contribution in [0.3, 0.4) is 0 Å². The summed E-state index contributed by atoms with van der Waals surface area (Å²) in [5.41, 5.74) is 3.09. The molecule has 1 aromatic heterocycles. The number of nitrogens with one attached hydrogen (secondary N) is 1. The molecule has 0 saturated heterocycles. The van der Waals surface area contributed by atoms with Crippen LogP contribution in [0.4, 0.5) is 5.69 Å². The molecule has 3 rings (SSSR count). The molecule has 3 atom stereocenters. The van der Waals surface area contributed by atoms with Gasteiger partial charge in [-0.1, -0.05) is 13.8 Å². The zero-order valence-electron chi connectivity index (χ0n) is 11.6. The molecule has 1 saturated carbocycles. The fraction of sp³-hybridized carbons (Fsp3) is 0.500. The lowest BCUT2D eigenvalue weighted by Gasteiger charge is -2.33. The first kappa shape index (κ1) is 12.4. The summed E-state index contributed by atoms with van der Waals surface area (Å²) in [5, 5.41) is 3.66. The van der Waals surface area contributed by atoms with Gasteiger partial charge in [0.25, 0.3) is 0 Å². The molecule has 1 heterocycles. The van der Waals surface area contributed by atoms with Gasteiger partial charge in [0.1, 0.15) is 0 Å². The van der Waals surface area contributed by atoms with Gasteiger partial charge in [-0.3, -0.25) is 9.97 Å². The smallest absolute Gasteiger partial charge is 0.0907 e. The van der Waals surface area contributed by atoms with E-state index in [9.17, 15) is 0 Å². The third kappa shape index (κ3) is 2.70. The molecule has 100 valence electrons. The van der Waals surface area contributed by atoms with Crippen LogP contribution in [-0.2, 0) is 0 Å². The summed E-state index contributed by atoms with van der Waals surface area (Å²) < 4.78 is 0. The highest BCUT2D eigenvalue weighted by Crippen LogP contribution is 2.31. The first-order valence-corrected chi connectivity index (χ1v) is 7.19. The lowest BCUT2D eigenvalue weighted by atomic mass is 9.79. The van der Waals surface area contributed by atoms with E-state index in [1.54, 1.807) is 12.4 Å². The van der Waals surface area contributed by atoms with E-state index in [-0.39, 0.29) is 0 Å². The number of aromatic nitrogens is 2. The fourth-order valence-corrected chi connectivity index (χ4v) is 2.97. The third-order valence-corrected chi connectivity index (χ3v) is 4.44. The Kier molecular flexibility index (Phi) is 3.36. The second kappa shape index (κ2) is 5.16. The Hall–Kier alpha value is -1.64. The first-order chi connectivity index (χ1) is 9.22. The van der Waals surface area contributed by atoms with Crippen LogP contribution < -0.4 is 5.32 Å². The average molecular weight is 255 g/mol. The maximum absolute atomic E-state index is 4.36. The van der Waals surface area contributed by atoms with E-state index in [0.717, 1.165) is 22.9 Å². The molecule has 0 amide bonds. The fourth-order valence-electron chi connectivity index (χ4n) is 2.97. The van der Waals surface area contributed by atoms with Gasteiger partial charge in [-0.25, -0.2) is 0 Å². The maximum Gasteiger partial charge on any atom is 0.0907 e. The van der Waals surface area contributed by atoms with Gasteiger partial charge in [0.05, 0.1) is 11.0 Å². The molecule has 1 fully saturated rings. The number of anilines is 1. The van der Waals surface area contributed by atoms with Crippen molar-refractivity contribution in [3.63, 3.8) is 0 Å². The van der Waals surface area contributed by atoms with E-state index in [4.69, 9.17) is 0 Å². The van der Waals surface area contributed by atoms with Crippen molar-refractivity contribution < 1.29 is 0 Å². The van der Waals surface area contributed by atoms with Gasteiger partial charge in [0, 0.05) is 24.1 Å². The monoisotopic (exact) mass is 255 g/mol. The quantitative estimate of drug-likeness (QED) is 0.885. The van der Waals surface area contributed by atoms with Crippen molar-refractivity contribution in [3.8, 4) is 0 Å². The van der Waals surface area contributed by atoms with E-state index < -0.39 is 0 Å². The molecule has 0 aliphatic heterocycles. The van der Waals surface area contributed by atoms with Crippen LogP contribution >= 0.6 is 0 Å². The predicted molar refractivity (Wildman–Crippen MR) is 79.1 cm³/mol. The van der Waals surface area contributed by atoms with Gasteiger partial charge in [0.2, 0.25) is 0 Å². The van der Waals surface area contributed by atoms with Crippen LogP contribution in [0, 0.1) is 11.8 Å². The van der Waals surface area contributed by atoms with Crippen LogP contribution in [0.1, 0.15) is 33.1 Å². The van der Waals surface area contributed by atoms with Crippen molar-refractivity contribution >= 4 is 16.7 Å². The molecule has 0 bridgehead atoms. The SMILES string of the molecule is CC1CCC(Nc2ccc3nccnc3c2)CC1C. The number of fused-ring (bicyclic) bond motifs is 1. The zero-order chi connectivity index (χ0) is 13.2. The number of hydrogen-bond donors (Lipinski definition) is 1. The van der Waals surface area contributed by atoms with Crippen molar-refractivity contribution in [2.75, 3.05) is 5.32 Å². The predicted octanol–water partition coefficient (Wildman–Crippen LogP) is 3.87. The van der Waals surface area contributed by atoms with Crippen molar-refractivity contribution in [1.82, 2.24) is 9.97 Å². The Morgan fingerprint density at radius 1 is 1.00 bits per heavy atom. The molecule has 3 nitrogen and oxygen atoms in total. The summed E-state index contributed by atoms with van der Waals surface area (Å²) >= 11 is 0. The molecule has 1 aromatic carbocycles. The van der Waals surface area contributed by atoms with Crippen molar-refractivity contribution in [3.05, 3.63) is 30.6 Å². The maximum atomic E-state index is 4.36. The molecule has 3 heteroatoms. The molecular formula is C16H21N3. The zero-order valence-corrected chi connectivity index (χ0v) is 11.6. The number of nitrogens with zero attached hydrogens (tertiary/aromatic N) is 2. The van der Waals surface area contributed by atoms with E-state index >= 15 is 0 Å². The van der Waals surface area contributed by atoms with Crippen molar-refractivity contribution in [1.29, 1.82) is 0 Å². The minimum absolute atomic E-state index is 0.598. The van der Waals surface area contributed by atoms with Gasteiger partial charge in [0.15, 0.2) is 0 Å². The van der Waals surface area contributed by atoms with Gasteiger partial charge in [-0.15, -0.1) is 0 Å². The summed E-state index contributed by atoms with van der Waals surface area (Å²) in [4.78, 5) is 8.66. The Morgan fingerprint density at radius 3 is 2.58 bits per heavy atom. The molecule has 0 radical (unpaired) electrons. The number of benzene rings is 1. The average Bonchev–Trinajstić information content (AvgIpc) is 2.43. The van der Waals surface area contributed by atoms with Crippen molar-refractivity contribution in [2.24, 2.45) is 11.8 Å². The Labute approximate surface area is 114 Å². The second-order valence-electron chi connectivity index (χ2n) is 5.87. The van der Waals surface area contributed by atoms with Crippen molar-refractivity contribution in [2.45, 2.75) is 39.2 Å². The largest absolute Gasteiger partial charge is 0.382 e. The van der Waals surface area contributed by atoms with E-state index in [0.29, 0.717) is 6.04 Å².